The number of rotatable bonds is 6. The average Bonchev–Trinajstić information content (AvgIpc) is 3.22. The second kappa shape index (κ2) is 10.7. The number of amides is 2. The summed E-state index contributed by atoms with van der Waals surface area (Å²) in [4.78, 5) is 32.1. The zero-order valence-corrected chi connectivity index (χ0v) is 21.1. The van der Waals surface area contributed by atoms with Crippen LogP contribution in [0, 0.1) is 0 Å². The predicted octanol–water partition coefficient (Wildman–Crippen LogP) is 3.81. The molecule has 2 aliphatic heterocycles. The van der Waals surface area contributed by atoms with Crippen molar-refractivity contribution in [3.63, 3.8) is 0 Å². The Labute approximate surface area is 208 Å². The van der Waals surface area contributed by atoms with Crippen LogP contribution < -0.4 is 5.32 Å². The molecule has 1 aromatic heterocycles. The van der Waals surface area contributed by atoms with Gasteiger partial charge >= 0.3 is 0 Å². The van der Waals surface area contributed by atoms with Crippen molar-refractivity contribution in [2.45, 2.75) is 76.4 Å². The minimum atomic E-state index is -0.917. The van der Waals surface area contributed by atoms with Crippen molar-refractivity contribution in [2.24, 2.45) is 0 Å². The Bertz CT molecular complexity index is 1040. The molecule has 190 valence electrons. The molecule has 1 N–H and O–H groups in total. The molecule has 7 nitrogen and oxygen atoms in total. The molecule has 1 aromatic carbocycles. The number of nitrogens with one attached hydrogen (secondary N) is 1. The van der Waals surface area contributed by atoms with Gasteiger partial charge in [-0.05, 0) is 38.3 Å². The van der Waals surface area contributed by atoms with Gasteiger partial charge < -0.3 is 19.5 Å². The largest absolute Gasteiger partial charge is 0.379 e. The average molecular weight is 481 g/mol. The van der Waals surface area contributed by atoms with Crippen LogP contribution >= 0.6 is 0 Å². The maximum Gasteiger partial charge on any atom is 0.271 e. The molecule has 2 amide bonds. The van der Waals surface area contributed by atoms with Crippen LogP contribution in [0.3, 0.4) is 0 Å². The van der Waals surface area contributed by atoms with Crippen molar-refractivity contribution in [2.75, 3.05) is 39.4 Å². The third kappa shape index (κ3) is 5.12. The first-order valence-electron chi connectivity index (χ1n) is 13.6. The van der Waals surface area contributed by atoms with Crippen molar-refractivity contribution in [1.82, 2.24) is 19.7 Å². The van der Waals surface area contributed by atoms with E-state index in [2.05, 4.69) is 14.8 Å². The fraction of sp³-hybridized carbons (Fsp3) is 0.643. The second-order valence-corrected chi connectivity index (χ2v) is 10.7. The van der Waals surface area contributed by atoms with Crippen molar-refractivity contribution in [1.29, 1.82) is 0 Å². The van der Waals surface area contributed by atoms with E-state index in [1.165, 1.54) is 19.3 Å². The lowest BCUT2D eigenvalue weighted by atomic mass is 9.92. The molecular weight excluding hydrogens is 440 g/mol. The third-order valence-corrected chi connectivity index (χ3v) is 8.23. The van der Waals surface area contributed by atoms with Gasteiger partial charge in [-0.1, -0.05) is 50.3 Å². The SMILES string of the molecule is C[C@@]1(C(=O)NC2CCCCCCC2)Cn2c(cc3ccccc32)C(=O)N1CCCN1CCOCC1. The summed E-state index contributed by atoms with van der Waals surface area (Å²) in [5, 5.41) is 4.43. The standard InChI is InChI=1S/C28H40N4O3/c1-28(27(34)29-23-11-5-3-2-4-6-12-23)21-31-24-13-8-7-10-22(24)20-25(31)26(33)32(28)15-9-14-30-16-18-35-19-17-30/h7-8,10,13,20,23H,2-6,9,11-12,14-19,21H2,1H3,(H,29,34)/t28-/m0/s1. The first-order valence-corrected chi connectivity index (χ1v) is 13.6. The van der Waals surface area contributed by atoms with Crippen LogP contribution in [0.25, 0.3) is 10.9 Å². The summed E-state index contributed by atoms with van der Waals surface area (Å²) >= 11 is 0. The molecule has 0 radical (unpaired) electrons. The molecule has 3 aliphatic rings. The van der Waals surface area contributed by atoms with Gasteiger partial charge in [-0.2, -0.15) is 0 Å². The lowest BCUT2D eigenvalue weighted by molar-refractivity contribution is -0.133. The number of aromatic nitrogens is 1. The number of benzene rings is 1. The summed E-state index contributed by atoms with van der Waals surface area (Å²) in [6, 6.07) is 10.3. The molecule has 2 aromatic rings. The number of fused-ring (bicyclic) bond motifs is 3. The highest BCUT2D eigenvalue weighted by molar-refractivity contribution is 6.03. The van der Waals surface area contributed by atoms with Crippen LogP contribution in [0.4, 0.5) is 0 Å². The zero-order chi connectivity index (χ0) is 24.3. The van der Waals surface area contributed by atoms with Gasteiger partial charge in [0.05, 0.1) is 19.8 Å². The van der Waals surface area contributed by atoms with Gasteiger partial charge in [0.15, 0.2) is 0 Å². The maximum absolute atomic E-state index is 13.9. The van der Waals surface area contributed by atoms with Gasteiger partial charge in [-0.3, -0.25) is 14.5 Å². The molecule has 1 aliphatic carbocycles. The summed E-state index contributed by atoms with van der Waals surface area (Å²) in [6.07, 6.45) is 9.02. The lowest BCUT2D eigenvalue weighted by Gasteiger charge is -2.45. The van der Waals surface area contributed by atoms with Crippen molar-refractivity contribution in [3.05, 3.63) is 36.0 Å². The van der Waals surface area contributed by atoms with E-state index >= 15 is 0 Å². The predicted molar refractivity (Wildman–Crippen MR) is 138 cm³/mol. The van der Waals surface area contributed by atoms with Gasteiger partial charge in [0.2, 0.25) is 5.91 Å². The summed E-state index contributed by atoms with van der Waals surface area (Å²) in [7, 11) is 0. The van der Waals surface area contributed by atoms with Crippen LogP contribution in [0.2, 0.25) is 0 Å². The van der Waals surface area contributed by atoms with Gasteiger partial charge in [0, 0.05) is 43.1 Å². The Kier molecular flexibility index (Phi) is 7.44. The van der Waals surface area contributed by atoms with E-state index in [1.807, 2.05) is 42.2 Å². The normalized spacial score (nSPS) is 24.7. The topological polar surface area (TPSA) is 66.8 Å². The minimum Gasteiger partial charge on any atom is -0.379 e. The van der Waals surface area contributed by atoms with E-state index in [0.29, 0.717) is 18.8 Å². The highest BCUT2D eigenvalue weighted by Crippen LogP contribution is 2.33. The smallest absolute Gasteiger partial charge is 0.271 e. The molecule has 1 atom stereocenters. The van der Waals surface area contributed by atoms with E-state index < -0.39 is 5.54 Å². The lowest BCUT2D eigenvalue weighted by Crippen LogP contribution is -2.65. The zero-order valence-electron chi connectivity index (χ0n) is 21.1. The summed E-state index contributed by atoms with van der Waals surface area (Å²) < 4.78 is 7.54. The van der Waals surface area contributed by atoms with E-state index in [4.69, 9.17) is 4.74 Å². The summed E-state index contributed by atoms with van der Waals surface area (Å²) in [5.41, 5.74) is 0.793. The molecule has 35 heavy (non-hydrogen) atoms. The number of hydrogen-bond acceptors (Lipinski definition) is 4. The molecule has 7 heteroatoms. The molecule has 2 fully saturated rings. The first-order chi connectivity index (χ1) is 17.1. The highest BCUT2D eigenvalue weighted by Gasteiger charge is 2.47. The van der Waals surface area contributed by atoms with Gasteiger partial charge in [-0.25, -0.2) is 0 Å². The monoisotopic (exact) mass is 480 g/mol. The summed E-state index contributed by atoms with van der Waals surface area (Å²) in [5.74, 6) is -0.0454. The Morgan fingerprint density at radius 3 is 2.54 bits per heavy atom. The Morgan fingerprint density at radius 1 is 1.06 bits per heavy atom. The van der Waals surface area contributed by atoms with Crippen LogP contribution in [-0.2, 0) is 16.1 Å². The van der Waals surface area contributed by atoms with Crippen molar-refractivity contribution in [3.8, 4) is 0 Å². The highest BCUT2D eigenvalue weighted by atomic mass is 16.5. The quantitative estimate of drug-likeness (QED) is 0.683. The summed E-state index contributed by atoms with van der Waals surface area (Å²) in [6.45, 7) is 7.34. The molecule has 0 bridgehead atoms. The maximum atomic E-state index is 13.9. The van der Waals surface area contributed by atoms with Gasteiger partial charge in [0.25, 0.3) is 5.91 Å². The Balaban J connectivity index is 1.39. The van der Waals surface area contributed by atoms with E-state index in [0.717, 1.165) is 75.9 Å². The van der Waals surface area contributed by atoms with Crippen molar-refractivity contribution < 1.29 is 14.3 Å². The van der Waals surface area contributed by atoms with E-state index in [1.54, 1.807) is 0 Å². The van der Waals surface area contributed by atoms with Crippen molar-refractivity contribution >= 4 is 22.7 Å². The van der Waals surface area contributed by atoms with Gasteiger partial charge in [-0.15, -0.1) is 0 Å². The fourth-order valence-electron chi connectivity index (χ4n) is 6.07. The second-order valence-electron chi connectivity index (χ2n) is 10.7. The van der Waals surface area contributed by atoms with Crippen LogP contribution in [0.5, 0.6) is 0 Å². The number of para-hydroxylation sites is 1. The molecule has 1 saturated carbocycles. The van der Waals surface area contributed by atoms with Crippen LogP contribution in [0.1, 0.15) is 68.8 Å². The fourth-order valence-corrected chi connectivity index (χ4v) is 6.07. The Hall–Kier alpha value is -2.38. The van der Waals surface area contributed by atoms with Gasteiger partial charge in [0.1, 0.15) is 11.2 Å². The Morgan fingerprint density at radius 2 is 1.77 bits per heavy atom. The van der Waals surface area contributed by atoms with E-state index in [-0.39, 0.29) is 17.9 Å². The van der Waals surface area contributed by atoms with Crippen LogP contribution in [-0.4, -0.2) is 77.2 Å². The number of ether oxygens (including phenoxy) is 1. The van der Waals surface area contributed by atoms with Crippen LogP contribution in [0.15, 0.2) is 30.3 Å². The number of carbonyl (C=O) groups excluding carboxylic acids is 2. The van der Waals surface area contributed by atoms with E-state index in [9.17, 15) is 9.59 Å². The molecule has 0 spiro atoms. The molecule has 5 rings (SSSR count). The number of hydrogen-bond donors (Lipinski definition) is 1. The molecule has 3 heterocycles. The number of nitrogens with zero attached hydrogens (tertiary/aromatic N) is 3. The molecule has 0 unspecified atom stereocenters. The third-order valence-electron chi connectivity index (χ3n) is 8.23. The number of carbonyl (C=O) groups is 2. The minimum absolute atomic E-state index is 0.00812. The number of morpholine rings is 1. The first kappa shape index (κ1) is 24.3. The molecular formula is C28H40N4O3. The molecule has 1 saturated heterocycles.